The Morgan fingerprint density at radius 2 is 2.08 bits per heavy atom. The average molecular weight is 342 g/mol. The van der Waals surface area contributed by atoms with E-state index in [9.17, 15) is 9.90 Å². The molecule has 0 radical (unpaired) electrons. The van der Waals surface area contributed by atoms with Crippen LogP contribution < -0.4 is 5.32 Å². The second kappa shape index (κ2) is 7.70. The molecule has 0 aliphatic carbocycles. The number of aliphatic hydroxyl groups excluding tert-OH is 1. The molecule has 2 amide bonds. The largest absolute Gasteiger partial charge is 0.388 e. The molecule has 1 fully saturated rings. The van der Waals surface area contributed by atoms with Gasteiger partial charge in [0.2, 0.25) is 0 Å². The van der Waals surface area contributed by atoms with E-state index in [4.69, 9.17) is 0 Å². The van der Waals surface area contributed by atoms with Gasteiger partial charge in [0, 0.05) is 30.9 Å². The monoisotopic (exact) mass is 342 g/mol. The number of nitrogens with zero attached hydrogens (tertiary/aromatic N) is 3. The van der Waals surface area contributed by atoms with Gasteiger partial charge in [-0.1, -0.05) is 30.3 Å². The Morgan fingerprint density at radius 3 is 2.76 bits per heavy atom. The number of hydrogen-bond acceptors (Lipinski definition) is 3. The molecule has 25 heavy (non-hydrogen) atoms. The summed E-state index contributed by atoms with van der Waals surface area (Å²) in [5.74, 6) is 0.563. The second-order valence-electron chi connectivity index (χ2n) is 6.86. The van der Waals surface area contributed by atoms with E-state index >= 15 is 0 Å². The zero-order chi connectivity index (χ0) is 17.8. The number of aliphatic hydroxyl groups is 1. The molecule has 6 heteroatoms. The van der Waals surface area contributed by atoms with Gasteiger partial charge in [0.25, 0.3) is 0 Å². The zero-order valence-electron chi connectivity index (χ0n) is 14.8. The van der Waals surface area contributed by atoms with Crippen molar-refractivity contribution in [2.75, 3.05) is 11.9 Å². The number of aromatic nitrogens is 2. The minimum Gasteiger partial charge on any atom is -0.388 e. The van der Waals surface area contributed by atoms with Crippen LogP contribution in [0.2, 0.25) is 0 Å². The van der Waals surface area contributed by atoms with E-state index in [0.29, 0.717) is 18.8 Å². The van der Waals surface area contributed by atoms with Gasteiger partial charge in [-0.2, -0.15) is 5.10 Å². The predicted molar refractivity (Wildman–Crippen MR) is 97.4 cm³/mol. The number of carbonyl (C=O) groups is 1. The first-order valence-electron chi connectivity index (χ1n) is 8.90. The van der Waals surface area contributed by atoms with Gasteiger partial charge in [0.15, 0.2) is 5.82 Å². The molecular formula is C19H26N4O2. The van der Waals surface area contributed by atoms with Gasteiger partial charge in [0.05, 0.1) is 6.10 Å². The van der Waals surface area contributed by atoms with Gasteiger partial charge in [-0.15, -0.1) is 0 Å². The topological polar surface area (TPSA) is 70.4 Å². The molecule has 6 nitrogen and oxygen atoms in total. The van der Waals surface area contributed by atoms with Crippen LogP contribution in [0.15, 0.2) is 42.6 Å². The molecule has 1 aromatic heterocycles. The SMILES string of the molecule is CC(C)n1ccc(NC(=O)N2CCC[C@@H]2C[C@@H](O)c2ccccc2)n1. The first-order valence-corrected chi connectivity index (χ1v) is 8.90. The Bertz CT molecular complexity index is 698. The maximum absolute atomic E-state index is 12.6. The summed E-state index contributed by atoms with van der Waals surface area (Å²) in [5.41, 5.74) is 0.894. The zero-order valence-corrected chi connectivity index (χ0v) is 14.8. The highest BCUT2D eigenvalue weighted by Gasteiger charge is 2.31. The van der Waals surface area contributed by atoms with Gasteiger partial charge in [-0.3, -0.25) is 10.00 Å². The molecule has 134 valence electrons. The first-order chi connectivity index (χ1) is 12.0. The third kappa shape index (κ3) is 4.20. The van der Waals surface area contributed by atoms with Crippen LogP contribution in [0.4, 0.5) is 10.6 Å². The highest BCUT2D eigenvalue weighted by Crippen LogP contribution is 2.27. The number of urea groups is 1. The molecule has 0 unspecified atom stereocenters. The summed E-state index contributed by atoms with van der Waals surface area (Å²) < 4.78 is 1.82. The number of hydrogen-bond donors (Lipinski definition) is 2. The Balaban J connectivity index is 1.61. The van der Waals surface area contributed by atoms with Crippen molar-refractivity contribution in [3.63, 3.8) is 0 Å². The van der Waals surface area contributed by atoms with Crippen molar-refractivity contribution in [3.05, 3.63) is 48.2 Å². The van der Waals surface area contributed by atoms with Crippen LogP contribution in [0.1, 0.15) is 50.8 Å². The van der Waals surface area contributed by atoms with E-state index in [1.807, 2.05) is 66.0 Å². The van der Waals surface area contributed by atoms with Gasteiger partial charge in [-0.25, -0.2) is 4.79 Å². The van der Waals surface area contributed by atoms with Gasteiger partial charge in [-0.05, 0) is 38.7 Å². The lowest BCUT2D eigenvalue weighted by molar-refractivity contribution is 0.129. The summed E-state index contributed by atoms with van der Waals surface area (Å²) in [6, 6.07) is 11.6. The summed E-state index contributed by atoms with van der Waals surface area (Å²) in [6.45, 7) is 4.79. The van der Waals surface area contributed by atoms with Gasteiger partial charge < -0.3 is 10.0 Å². The third-order valence-corrected chi connectivity index (χ3v) is 4.69. The molecule has 2 aromatic rings. The highest BCUT2D eigenvalue weighted by atomic mass is 16.3. The van der Waals surface area contributed by atoms with Crippen LogP contribution in [0.3, 0.4) is 0 Å². The molecule has 1 aliphatic heterocycles. The van der Waals surface area contributed by atoms with Crippen LogP contribution in [0.5, 0.6) is 0 Å². The lowest BCUT2D eigenvalue weighted by atomic mass is 10.0. The van der Waals surface area contributed by atoms with E-state index < -0.39 is 6.10 Å². The first kappa shape index (κ1) is 17.5. The van der Waals surface area contributed by atoms with Crippen LogP contribution >= 0.6 is 0 Å². The Labute approximate surface area is 148 Å². The smallest absolute Gasteiger partial charge is 0.323 e. The minimum atomic E-state index is -0.556. The number of carbonyl (C=O) groups excluding carboxylic acids is 1. The summed E-state index contributed by atoms with van der Waals surface area (Å²) in [6.07, 6.45) is 3.73. The van der Waals surface area contributed by atoms with Crippen LogP contribution in [0.25, 0.3) is 0 Å². The molecule has 0 bridgehead atoms. The van der Waals surface area contributed by atoms with Crippen molar-refractivity contribution < 1.29 is 9.90 Å². The fourth-order valence-electron chi connectivity index (χ4n) is 3.29. The fourth-order valence-corrected chi connectivity index (χ4v) is 3.29. The number of nitrogens with one attached hydrogen (secondary N) is 1. The molecule has 2 atom stereocenters. The minimum absolute atomic E-state index is 0.0439. The average Bonchev–Trinajstić information content (AvgIpc) is 3.25. The maximum atomic E-state index is 12.6. The predicted octanol–water partition coefficient (Wildman–Crippen LogP) is 3.58. The maximum Gasteiger partial charge on any atom is 0.323 e. The van der Waals surface area contributed by atoms with E-state index in [1.54, 1.807) is 0 Å². The molecule has 0 saturated carbocycles. The molecule has 1 aliphatic rings. The molecule has 2 heterocycles. The summed E-state index contributed by atoms with van der Waals surface area (Å²) in [7, 11) is 0. The second-order valence-corrected chi connectivity index (χ2v) is 6.86. The number of anilines is 1. The summed E-state index contributed by atoms with van der Waals surface area (Å²) in [5, 5.41) is 17.7. The van der Waals surface area contributed by atoms with E-state index in [1.165, 1.54) is 0 Å². The van der Waals surface area contributed by atoms with Gasteiger partial charge >= 0.3 is 6.03 Å². The summed E-state index contributed by atoms with van der Waals surface area (Å²) in [4.78, 5) is 14.4. The van der Waals surface area contributed by atoms with Crippen molar-refractivity contribution >= 4 is 11.8 Å². The Hall–Kier alpha value is -2.34. The van der Waals surface area contributed by atoms with Gasteiger partial charge in [0.1, 0.15) is 0 Å². The van der Waals surface area contributed by atoms with E-state index in [-0.39, 0.29) is 18.1 Å². The number of rotatable bonds is 5. The van der Waals surface area contributed by atoms with Crippen LogP contribution in [-0.2, 0) is 0 Å². The van der Waals surface area contributed by atoms with E-state index in [0.717, 1.165) is 18.4 Å². The molecular weight excluding hydrogens is 316 g/mol. The molecule has 2 N–H and O–H groups in total. The number of likely N-dealkylation sites (tertiary alicyclic amines) is 1. The standard InChI is InChI=1S/C19H26N4O2/c1-14(2)23-12-10-18(21-23)20-19(25)22-11-6-9-16(22)13-17(24)15-7-4-3-5-8-15/h3-5,7-8,10,12,14,16-17,24H,6,9,11,13H2,1-2H3,(H,20,21,25)/t16-,17-/m1/s1. The van der Waals surface area contributed by atoms with Crippen molar-refractivity contribution in [1.82, 2.24) is 14.7 Å². The third-order valence-electron chi connectivity index (χ3n) is 4.69. The molecule has 1 saturated heterocycles. The van der Waals surface area contributed by atoms with Crippen molar-refractivity contribution in [2.24, 2.45) is 0 Å². The molecule has 0 spiro atoms. The number of benzene rings is 1. The van der Waals surface area contributed by atoms with Crippen molar-refractivity contribution in [3.8, 4) is 0 Å². The Morgan fingerprint density at radius 1 is 1.32 bits per heavy atom. The van der Waals surface area contributed by atoms with Crippen LogP contribution in [0, 0.1) is 0 Å². The molecule has 1 aromatic carbocycles. The summed E-state index contributed by atoms with van der Waals surface area (Å²) >= 11 is 0. The van der Waals surface area contributed by atoms with Crippen molar-refractivity contribution in [1.29, 1.82) is 0 Å². The number of amides is 2. The lowest BCUT2D eigenvalue weighted by Crippen LogP contribution is -2.39. The van der Waals surface area contributed by atoms with E-state index in [2.05, 4.69) is 10.4 Å². The Kier molecular flexibility index (Phi) is 5.38. The van der Waals surface area contributed by atoms with Crippen LogP contribution in [-0.4, -0.2) is 38.4 Å². The highest BCUT2D eigenvalue weighted by molar-refractivity contribution is 5.88. The normalized spacial score (nSPS) is 18.6. The molecule has 3 rings (SSSR count). The lowest BCUT2D eigenvalue weighted by Gasteiger charge is -2.26. The quantitative estimate of drug-likeness (QED) is 0.872. The fraction of sp³-hybridized carbons (Fsp3) is 0.474. The van der Waals surface area contributed by atoms with Crippen molar-refractivity contribution in [2.45, 2.75) is 51.3 Å².